The molecule has 6 nitrogen and oxygen atoms in total. The SMILES string of the molecule is CC(=O)Nc1ccc(CC(=O)OCc2csc(Nc3ccc(C)cc3)n2)cc1. The van der Waals surface area contributed by atoms with Gasteiger partial charge >= 0.3 is 5.97 Å². The van der Waals surface area contributed by atoms with E-state index in [1.54, 1.807) is 24.3 Å². The fourth-order valence-corrected chi connectivity index (χ4v) is 3.19. The number of benzene rings is 2. The molecule has 2 aromatic carbocycles. The zero-order valence-electron chi connectivity index (χ0n) is 15.7. The fourth-order valence-electron chi connectivity index (χ4n) is 2.47. The Bertz CT molecular complexity index is 950. The van der Waals surface area contributed by atoms with Gasteiger partial charge in [-0.25, -0.2) is 4.98 Å². The molecule has 0 saturated carbocycles. The molecule has 3 rings (SSSR count). The molecule has 28 heavy (non-hydrogen) atoms. The summed E-state index contributed by atoms with van der Waals surface area (Å²) in [6.45, 7) is 3.62. The van der Waals surface area contributed by atoms with Crippen LogP contribution in [-0.4, -0.2) is 16.9 Å². The molecule has 0 atom stereocenters. The Morgan fingerprint density at radius 1 is 1.04 bits per heavy atom. The average Bonchev–Trinajstić information content (AvgIpc) is 3.11. The van der Waals surface area contributed by atoms with Crippen LogP contribution in [0.25, 0.3) is 0 Å². The smallest absolute Gasteiger partial charge is 0.310 e. The predicted molar refractivity (Wildman–Crippen MR) is 111 cm³/mol. The number of aromatic nitrogens is 1. The topological polar surface area (TPSA) is 80.3 Å². The Hall–Kier alpha value is -3.19. The van der Waals surface area contributed by atoms with E-state index in [9.17, 15) is 9.59 Å². The van der Waals surface area contributed by atoms with E-state index in [1.807, 2.05) is 36.6 Å². The number of carbonyl (C=O) groups is 2. The first-order chi connectivity index (χ1) is 13.5. The average molecular weight is 395 g/mol. The van der Waals surface area contributed by atoms with Crippen LogP contribution in [0.5, 0.6) is 0 Å². The van der Waals surface area contributed by atoms with Gasteiger partial charge in [0.25, 0.3) is 0 Å². The molecule has 0 saturated heterocycles. The van der Waals surface area contributed by atoms with Crippen LogP contribution in [0.3, 0.4) is 0 Å². The van der Waals surface area contributed by atoms with Gasteiger partial charge in [0.05, 0.1) is 12.1 Å². The lowest BCUT2D eigenvalue weighted by atomic mass is 10.1. The predicted octanol–water partition coefficient (Wildman–Crippen LogP) is 4.44. The van der Waals surface area contributed by atoms with Crippen molar-refractivity contribution in [2.24, 2.45) is 0 Å². The summed E-state index contributed by atoms with van der Waals surface area (Å²) in [6, 6.07) is 15.1. The van der Waals surface area contributed by atoms with E-state index >= 15 is 0 Å². The molecule has 144 valence electrons. The number of esters is 1. The van der Waals surface area contributed by atoms with E-state index < -0.39 is 0 Å². The second kappa shape index (κ2) is 9.14. The molecule has 1 amide bonds. The molecule has 0 aliphatic carbocycles. The molecule has 0 unspecified atom stereocenters. The standard InChI is InChI=1S/C21H21N3O3S/c1-14-3-7-18(8-4-14)23-21-24-19(13-28-21)12-27-20(26)11-16-5-9-17(10-6-16)22-15(2)25/h3-10,13H,11-12H2,1-2H3,(H,22,25)(H,23,24). The lowest BCUT2D eigenvalue weighted by Crippen LogP contribution is -2.09. The number of nitrogens with one attached hydrogen (secondary N) is 2. The van der Waals surface area contributed by atoms with Gasteiger partial charge in [0.2, 0.25) is 5.91 Å². The second-order valence-electron chi connectivity index (χ2n) is 6.35. The molecule has 0 aliphatic rings. The number of hydrogen-bond donors (Lipinski definition) is 2. The Kier molecular flexibility index (Phi) is 6.39. The van der Waals surface area contributed by atoms with Crippen molar-refractivity contribution in [3.63, 3.8) is 0 Å². The normalized spacial score (nSPS) is 10.4. The van der Waals surface area contributed by atoms with E-state index in [1.165, 1.54) is 23.8 Å². The minimum Gasteiger partial charge on any atom is -0.459 e. The summed E-state index contributed by atoms with van der Waals surface area (Å²) in [7, 11) is 0. The van der Waals surface area contributed by atoms with Crippen molar-refractivity contribution in [1.29, 1.82) is 0 Å². The summed E-state index contributed by atoms with van der Waals surface area (Å²) in [4.78, 5) is 27.5. The summed E-state index contributed by atoms with van der Waals surface area (Å²) < 4.78 is 5.31. The zero-order valence-corrected chi connectivity index (χ0v) is 16.5. The number of anilines is 3. The molecular formula is C21H21N3O3S. The molecule has 0 bridgehead atoms. The lowest BCUT2D eigenvalue weighted by molar-refractivity contribution is -0.144. The summed E-state index contributed by atoms with van der Waals surface area (Å²) in [5.41, 5.74) is 4.38. The van der Waals surface area contributed by atoms with Crippen molar-refractivity contribution >= 4 is 39.7 Å². The van der Waals surface area contributed by atoms with Crippen molar-refractivity contribution in [1.82, 2.24) is 4.98 Å². The van der Waals surface area contributed by atoms with Gasteiger partial charge < -0.3 is 15.4 Å². The van der Waals surface area contributed by atoms with Gasteiger partial charge in [0, 0.05) is 23.7 Å². The van der Waals surface area contributed by atoms with Crippen LogP contribution in [-0.2, 0) is 27.4 Å². The van der Waals surface area contributed by atoms with Crippen molar-refractivity contribution in [3.8, 4) is 0 Å². The van der Waals surface area contributed by atoms with Crippen LogP contribution in [0, 0.1) is 6.92 Å². The van der Waals surface area contributed by atoms with Gasteiger partial charge in [-0.05, 0) is 36.8 Å². The number of rotatable bonds is 7. The maximum Gasteiger partial charge on any atom is 0.310 e. The highest BCUT2D eigenvalue weighted by molar-refractivity contribution is 7.13. The van der Waals surface area contributed by atoms with Crippen LogP contribution in [0.2, 0.25) is 0 Å². The van der Waals surface area contributed by atoms with Crippen LogP contribution >= 0.6 is 11.3 Å². The van der Waals surface area contributed by atoms with Crippen LogP contribution in [0.15, 0.2) is 53.9 Å². The second-order valence-corrected chi connectivity index (χ2v) is 7.21. The number of ether oxygens (including phenoxy) is 1. The Labute approximate surface area is 167 Å². The van der Waals surface area contributed by atoms with Gasteiger partial charge in [-0.1, -0.05) is 29.8 Å². The minimum atomic E-state index is -0.326. The molecule has 0 fully saturated rings. The van der Waals surface area contributed by atoms with Crippen LogP contribution in [0.1, 0.15) is 23.7 Å². The third kappa shape index (κ3) is 5.92. The Morgan fingerprint density at radius 2 is 1.71 bits per heavy atom. The molecule has 0 radical (unpaired) electrons. The van der Waals surface area contributed by atoms with Crippen LogP contribution in [0.4, 0.5) is 16.5 Å². The molecule has 0 spiro atoms. The maximum absolute atomic E-state index is 12.0. The highest BCUT2D eigenvalue weighted by atomic mass is 32.1. The van der Waals surface area contributed by atoms with E-state index in [4.69, 9.17) is 4.74 Å². The number of aryl methyl sites for hydroxylation is 1. The molecular weight excluding hydrogens is 374 g/mol. The van der Waals surface area contributed by atoms with Gasteiger partial charge in [0.1, 0.15) is 6.61 Å². The van der Waals surface area contributed by atoms with Crippen molar-refractivity contribution < 1.29 is 14.3 Å². The van der Waals surface area contributed by atoms with Crippen molar-refractivity contribution in [2.75, 3.05) is 10.6 Å². The number of carbonyl (C=O) groups excluding carboxylic acids is 2. The van der Waals surface area contributed by atoms with Gasteiger partial charge in [-0.2, -0.15) is 0 Å². The van der Waals surface area contributed by atoms with Crippen molar-refractivity contribution in [2.45, 2.75) is 26.9 Å². The Morgan fingerprint density at radius 3 is 2.39 bits per heavy atom. The first-order valence-corrected chi connectivity index (χ1v) is 9.66. The zero-order chi connectivity index (χ0) is 19.9. The van der Waals surface area contributed by atoms with Crippen LogP contribution < -0.4 is 10.6 Å². The minimum absolute atomic E-state index is 0.133. The lowest BCUT2D eigenvalue weighted by Gasteiger charge is -2.05. The highest BCUT2D eigenvalue weighted by Gasteiger charge is 2.08. The molecule has 2 N–H and O–H groups in total. The summed E-state index contributed by atoms with van der Waals surface area (Å²) >= 11 is 1.46. The van der Waals surface area contributed by atoms with Crippen molar-refractivity contribution in [3.05, 3.63) is 70.7 Å². The monoisotopic (exact) mass is 395 g/mol. The third-order valence-electron chi connectivity index (χ3n) is 3.86. The first-order valence-electron chi connectivity index (χ1n) is 8.78. The Balaban J connectivity index is 1.47. The first kappa shape index (κ1) is 19.6. The summed E-state index contributed by atoms with van der Waals surface area (Å²) in [6.07, 6.45) is 0.166. The third-order valence-corrected chi connectivity index (χ3v) is 4.66. The molecule has 1 aromatic heterocycles. The van der Waals surface area contributed by atoms with E-state index in [-0.39, 0.29) is 24.9 Å². The number of amides is 1. The number of nitrogens with zero attached hydrogens (tertiary/aromatic N) is 1. The molecule has 7 heteroatoms. The van der Waals surface area contributed by atoms with E-state index in [0.29, 0.717) is 11.4 Å². The number of thiazole rings is 1. The fraction of sp³-hybridized carbons (Fsp3) is 0.190. The molecule has 0 aliphatic heterocycles. The summed E-state index contributed by atoms with van der Waals surface area (Å²) in [5.74, 6) is -0.458. The molecule has 3 aromatic rings. The molecule has 1 heterocycles. The summed E-state index contributed by atoms with van der Waals surface area (Å²) in [5, 5.41) is 8.54. The quantitative estimate of drug-likeness (QED) is 0.578. The van der Waals surface area contributed by atoms with E-state index in [0.717, 1.165) is 16.4 Å². The van der Waals surface area contributed by atoms with Gasteiger partial charge in [-0.3, -0.25) is 9.59 Å². The van der Waals surface area contributed by atoms with Gasteiger partial charge in [-0.15, -0.1) is 11.3 Å². The largest absolute Gasteiger partial charge is 0.459 e. The highest BCUT2D eigenvalue weighted by Crippen LogP contribution is 2.21. The number of hydrogen-bond acceptors (Lipinski definition) is 6. The maximum atomic E-state index is 12.0. The van der Waals surface area contributed by atoms with E-state index in [2.05, 4.69) is 15.6 Å². The van der Waals surface area contributed by atoms with Gasteiger partial charge in [0.15, 0.2) is 5.13 Å².